The molecule has 1 unspecified atom stereocenters. The highest BCUT2D eigenvalue weighted by molar-refractivity contribution is 6.06. The van der Waals surface area contributed by atoms with Crippen LogP contribution in [-0.2, 0) is 4.79 Å². The number of amides is 3. The first-order chi connectivity index (χ1) is 12.8. The van der Waals surface area contributed by atoms with E-state index in [0.29, 0.717) is 22.5 Å². The minimum absolute atomic E-state index is 0.0645. The van der Waals surface area contributed by atoms with Crippen molar-refractivity contribution in [3.8, 4) is 0 Å². The Kier molecular flexibility index (Phi) is 4.89. The maximum Gasteiger partial charge on any atom is 0.319 e. The number of benzene rings is 2. The molecule has 0 fully saturated rings. The molecule has 3 amide bonds. The maximum absolute atomic E-state index is 12.9. The Balaban J connectivity index is 1.92. The largest absolute Gasteiger partial charge is 0.327 e. The fourth-order valence-corrected chi connectivity index (χ4v) is 2.87. The Morgan fingerprint density at radius 2 is 1.70 bits per heavy atom. The van der Waals surface area contributed by atoms with Crippen molar-refractivity contribution < 1.29 is 14.5 Å². The molecule has 0 spiro atoms. The van der Waals surface area contributed by atoms with Crippen LogP contribution < -0.4 is 16.0 Å². The third kappa shape index (κ3) is 3.95. The van der Waals surface area contributed by atoms with Gasteiger partial charge in [-0.2, -0.15) is 0 Å². The van der Waals surface area contributed by atoms with Crippen LogP contribution in [0.2, 0.25) is 0 Å². The van der Waals surface area contributed by atoms with Crippen molar-refractivity contribution in [2.24, 2.45) is 0 Å². The molecule has 1 aliphatic heterocycles. The van der Waals surface area contributed by atoms with Crippen molar-refractivity contribution in [3.05, 3.63) is 81.0 Å². The van der Waals surface area contributed by atoms with Gasteiger partial charge in [-0.15, -0.1) is 0 Å². The topological polar surface area (TPSA) is 113 Å². The fraction of sp³-hybridized carbons (Fsp3) is 0.158. The highest BCUT2D eigenvalue weighted by Crippen LogP contribution is 2.29. The third-order valence-electron chi connectivity index (χ3n) is 4.26. The van der Waals surface area contributed by atoms with Crippen LogP contribution in [-0.4, -0.2) is 16.9 Å². The first kappa shape index (κ1) is 18.1. The highest BCUT2D eigenvalue weighted by atomic mass is 16.6. The van der Waals surface area contributed by atoms with E-state index in [-0.39, 0.29) is 11.6 Å². The van der Waals surface area contributed by atoms with E-state index in [1.807, 2.05) is 19.1 Å². The normalized spacial score (nSPS) is 16.4. The molecule has 0 saturated heterocycles. The molecule has 0 bridgehead atoms. The number of nitrogens with zero attached hydrogens (tertiary/aromatic N) is 1. The summed E-state index contributed by atoms with van der Waals surface area (Å²) in [6.45, 7) is 3.59. The summed E-state index contributed by atoms with van der Waals surface area (Å²) in [7, 11) is 0. The van der Waals surface area contributed by atoms with E-state index < -0.39 is 17.0 Å². The van der Waals surface area contributed by atoms with Crippen LogP contribution in [0.15, 0.2) is 59.8 Å². The van der Waals surface area contributed by atoms with Crippen LogP contribution in [0.5, 0.6) is 0 Å². The van der Waals surface area contributed by atoms with Gasteiger partial charge in [0.15, 0.2) is 0 Å². The van der Waals surface area contributed by atoms with Crippen molar-refractivity contribution in [2.75, 3.05) is 5.32 Å². The molecule has 1 atom stereocenters. The van der Waals surface area contributed by atoms with E-state index in [2.05, 4.69) is 16.0 Å². The molecule has 0 radical (unpaired) electrons. The molecule has 3 rings (SSSR count). The second-order valence-corrected chi connectivity index (χ2v) is 6.24. The van der Waals surface area contributed by atoms with E-state index in [4.69, 9.17) is 0 Å². The van der Waals surface area contributed by atoms with Gasteiger partial charge in [0.1, 0.15) is 0 Å². The van der Waals surface area contributed by atoms with Gasteiger partial charge in [0.2, 0.25) is 0 Å². The number of nitro benzene ring substituents is 1. The van der Waals surface area contributed by atoms with E-state index in [9.17, 15) is 19.7 Å². The lowest BCUT2D eigenvalue weighted by Gasteiger charge is -2.28. The van der Waals surface area contributed by atoms with Crippen molar-refractivity contribution in [3.63, 3.8) is 0 Å². The van der Waals surface area contributed by atoms with Gasteiger partial charge in [-0.1, -0.05) is 17.7 Å². The number of allylic oxidation sites excluding steroid dienone is 1. The van der Waals surface area contributed by atoms with Crippen molar-refractivity contribution >= 4 is 23.3 Å². The number of carbonyl (C=O) groups is 2. The van der Waals surface area contributed by atoms with Gasteiger partial charge in [0.25, 0.3) is 11.6 Å². The quantitative estimate of drug-likeness (QED) is 0.570. The summed E-state index contributed by atoms with van der Waals surface area (Å²) >= 11 is 0. The summed E-state index contributed by atoms with van der Waals surface area (Å²) in [6, 6.07) is 11.9. The molecule has 3 N–H and O–H groups in total. The van der Waals surface area contributed by atoms with Gasteiger partial charge in [-0.05, 0) is 43.7 Å². The summed E-state index contributed by atoms with van der Waals surface area (Å²) < 4.78 is 0. The number of rotatable bonds is 4. The predicted molar refractivity (Wildman–Crippen MR) is 100 cm³/mol. The second kappa shape index (κ2) is 7.28. The van der Waals surface area contributed by atoms with E-state index in [1.165, 1.54) is 24.3 Å². The van der Waals surface area contributed by atoms with Crippen molar-refractivity contribution in [2.45, 2.75) is 19.9 Å². The van der Waals surface area contributed by atoms with Crippen LogP contribution in [0.25, 0.3) is 0 Å². The summed E-state index contributed by atoms with van der Waals surface area (Å²) in [6.07, 6.45) is 0. The fourth-order valence-electron chi connectivity index (χ4n) is 2.87. The number of nitrogens with one attached hydrogen (secondary N) is 3. The molecular formula is C19H18N4O4. The lowest BCUT2D eigenvalue weighted by Crippen LogP contribution is -2.45. The van der Waals surface area contributed by atoms with Gasteiger partial charge in [0, 0.05) is 23.5 Å². The first-order valence-electron chi connectivity index (χ1n) is 8.26. The SMILES string of the molecule is CC1=C(C(=O)Nc2ccc(C)cc2)C(c2ccc([N+](=O)[O-])cc2)NC(=O)N1. The number of hydrogen-bond acceptors (Lipinski definition) is 4. The highest BCUT2D eigenvalue weighted by Gasteiger charge is 2.31. The van der Waals surface area contributed by atoms with E-state index in [1.54, 1.807) is 19.1 Å². The Morgan fingerprint density at radius 1 is 1.07 bits per heavy atom. The van der Waals surface area contributed by atoms with Gasteiger partial charge in [-0.3, -0.25) is 14.9 Å². The average Bonchev–Trinajstić information content (AvgIpc) is 2.63. The number of carbonyl (C=O) groups excluding carboxylic acids is 2. The van der Waals surface area contributed by atoms with E-state index in [0.717, 1.165) is 5.56 Å². The number of aryl methyl sites for hydroxylation is 1. The molecule has 2 aromatic carbocycles. The number of anilines is 1. The molecule has 1 heterocycles. The summed E-state index contributed by atoms with van der Waals surface area (Å²) in [5, 5.41) is 19.0. The Bertz CT molecular complexity index is 933. The summed E-state index contributed by atoms with van der Waals surface area (Å²) in [5.41, 5.74) is 2.97. The molecule has 8 nitrogen and oxygen atoms in total. The van der Waals surface area contributed by atoms with Crippen molar-refractivity contribution in [1.29, 1.82) is 0 Å². The molecule has 0 aromatic heterocycles. The zero-order valence-corrected chi connectivity index (χ0v) is 14.8. The van der Waals surface area contributed by atoms with Gasteiger partial charge in [-0.25, -0.2) is 4.79 Å². The molecule has 1 aliphatic rings. The minimum Gasteiger partial charge on any atom is -0.327 e. The number of non-ortho nitro benzene ring substituents is 1. The van der Waals surface area contributed by atoms with Crippen LogP contribution in [0.3, 0.4) is 0 Å². The predicted octanol–water partition coefficient (Wildman–Crippen LogP) is 3.17. The van der Waals surface area contributed by atoms with E-state index >= 15 is 0 Å². The second-order valence-electron chi connectivity index (χ2n) is 6.24. The number of nitro groups is 1. The van der Waals surface area contributed by atoms with Crippen LogP contribution >= 0.6 is 0 Å². The molecule has 0 aliphatic carbocycles. The summed E-state index contributed by atoms with van der Waals surface area (Å²) in [5.74, 6) is -0.368. The smallest absolute Gasteiger partial charge is 0.319 e. The third-order valence-corrected chi connectivity index (χ3v) is 4.26. The van der Waals surface area contributed by atoms with Gasteiger partial charge in [0.05, 0.1) is 16.5 Å². The van der Waals surface area contributed by atoms with Crippen LogP contribution in [0, 0.1) is 17.0 Å². The number of urea groups is 1. The molecule has 2 aromatic rings. The average molecular weight is 366 g/mol. The molecule has 138 valence electrons. The molecule has 8 heteroatoms. The Labute approximate surface area is 155 Å². The monoisotopic (exact) mass is 366 g/mol. The Hall–Kier alpha value is -3.68. The lowest BCUT2D eigenvalue weighted by molar-refractivity contribution is -0.384. The Morgan fingerprint density at radius 3 is 2.30 bits per heavy atom. The lowest BCUT2D eigenvalue weighted by atomic mass is 9.94. The standard InChI is InChI=1S/C19H18N4O4/c1-11-3-7-14(8-4-11)21-18(24)16-12(2)20-19(25)22-17(16)13-5-9-15(10-6-13)23(26)27/h3-10,17H,1-2H3,(H,21,24)(H2,20,22,25). The number of hydrogen-bond donors (Lipinski definition) is 3. The molecule has 0 saturated carbocycles. The zero-order valence-electron chi connectivity index (χ0n) is 14.8. The maximum atomic E-state index is 12.9. The van der Waals surface area contributed by atoms with Crippen molar-refractivity contribution in [1.82, 2.24) is 10.6 Å². The van der Waals surface area contributed by atoms with Crippen LogP contribution in [0.1, 0.15) is 24.1 Å². The summed E-state index contributed by atoms with van der Waals surface area (Å²) in [4.78, 5) is 35.1. The zero-order chi connectivity index (χ0) is 19.6. The molecular weight excluding hydrogens is 348 g/mol. The molecule has 27 heavy (non-hydrogen) atoms. The van der Waals surface area contributed by atoms with Crippen LogP contribution in [0.4, 0.5) is 16.2 Å². The minimum atomic E-state index is -0.718. The first-order valence-corrected chi connectivity index (χ1v) is 8.26. The van der Waals surface area contributed by atoms with Gasteiger partial charge >= 0.3 is 6.03 Å². The van der Waals surface area contributed by atoms with Gasteiger partial charge < -0.3 is 16.0 Å².